The summed E-state index contributed by atoms with van der Waals surface area (Å²) < 4.78 is 42.6. The minimum atomic E-state index is -1.55. The molecule has 6 aliphatic heterocycles. The molecule has 17 heteroatoms. The fraction of sp³-hybridized carbons (Fsp3) is 0.372. The second-order valence-corrected chi connectivity index (χ2v) is 16.3. The minimum Gasteiger partial charge on any atom is -0.504 e. The first kappa shape index (κ1) is 41.3. The van der Waals surface area contributed by atoms with Gasteiger partial charge in [0.2, 0.25) is 0 Å². The normalized spacial score (nSPS) is 28.9. The molecule has 6 heterocycles. The Kier molecular flexibility index (Phi) is 10.5. The van der Waals surface area contributed by atoms with Crippen molar-refractivity contribution in [1.29, 1.82) is 0 Å². The monoisotopic (exact) mass is 845 g/mol. The number of halogens is 1. The highest BCUT2D eigenvalue weighted by molar-refractivity contribution is 6.32. The number of benzene rings is 3. The average Bonchev–Trinajstić information content (AvgIpc) is 3.70. The van der Waals surface area contributed by atoms with E-state index in [1.165, 1.54) is 31.4 Å². The van der Waals surface area contributed by atoms with Crippen LogP contribution in [0.4, 0.5) is 5.69 Å². The minimum absolute atomic E-state index is 0.00872. The van der Waals surface area contributed by atoms with Gasteiger partial charge in [0, 0.05) is 17.7 Å². The number of allylic oxidation sites excluding steroid dienone is 2. The molecule has 0 radical (unpaired) electrons. The van der Waals surface area contributed by atoms with Crippen molar-refractivity contribution >= 4 is 40.7 Å². The zero-order chi connectivity index (χ0) is 43.0. The molecule has 2 aliphatic carbocycles. The van der Waals surface area contributed by atoms with Gasteiger partial charge < -0.3 is 64.4 Å². The number of amides is 1. The number of rotatable bonds is 6. The van der Waals surface area contributed by atoms with Gasteiger partial charge in [0.1, 0.15) is 24.6 Å². The molecule has 16 nitrogen and oxygen atoms in total. The van der Waals surface area contributed by atoms with Crippen LogP contribution in [0, 0.1) is 0 Å². The van der Waals surface area contributed by atoms with Crippen molar-refractivity contribution in [1.82, 2.24) is 4.90 Å². The van der Waals surface area contributed by atoms with Crippen LogP contribution < -0.4 is 25.3 Å². The van der Waals surface area contributed by atoms with Crippen molar-refractivity contribution in [3.8, 4) is 23.0 Å². The lowest BCUT2D eigenvalue weighted by Gasteiger charge is -2.51. The highest BCUT2D eigenvalue weighted by Crippen LogP contribution is 2.58. The lowest BCUT2D eigenvalue weighted by molar-refractivity contribution is -0.329. The number of anilines is 1. The molecule has 0 spiro atoms. The topological polar surface area (TPSA) is 218 Å². The van der Waals surface area contributed by atoms with Crippen LogP contribution in [0.1, 0.15) is 71.1 Å². The lowest BCUT2D eigenvalue weighted by Crippen LogP contribution is -2.67. The van der Waals surface area contributed by atoms with Crippen LogP contribution in [0.15, 0.2) is 73.0 Å². The third kappa shape index (κ3) is 6.97. The number of aromatic hydroxyl groups is 1. The van der Waals surface area contributed by atoms with Gasteiger partial charge in [0.25, 0.3) is 5.91 Å². The first-order valence-corrected chi connectivity index (χ1v) is 19.4. The van der Waals surface area contributed by atoms with E-state index in [9.17, 15) is 29.7 Å². The number of aliphatic hydroxyl groups is 2. The Balaban J connectivity index is 1.23. The number of carbonyl (C=O) groups is 3. The van der Waals surface area contributed by atoms with Crippen LogP contribution >= 0.6 is 11.6 Å². The van der Waals surface area contributed by atoms with E-state index in [-0.39, 0.29) is 51.5 Å². The first-order chi connectivity index (χ1) is 28.4. The number of fused-ring (bicyclic) bond motifs is 2. The van der Waals surface area contributed by atoms with Crippen molar-refractivity contribution < 1.29 is 62.9 Å². The molecule has 6 bridgehead atoms. The highest BCUT2D eigenvalue weighted by Gasteiger charge is 2.58. The Morgan fingerprint density at radius 1 is 1.08 bits per heavy atom. The molecule has 0 saturated carbocycles. The number of phenolic OH excluding ortho intramolecular Hbond substituents is 1. The summed E-state index contributed by atoms with van der Waals surface area (Å²) in [5, 5.41) is 36.9. The molecule has 8 atom stereocenters. The van der Waals surface area contributed by atoms with E-state index in [1.807, 2.05) is 0 Å². The van der Waals surface area contributed by atoms with Gasteiger partial charge >= 0.3 is 11.9 Å². The van der Waals surface area contributed by atoms with Crippen LogP contribution in [0.3, 0.4) is 0 Å². The predicted molar refractivity (Wildman–Crippen MR) is 214 cm³/mol. The maximum absolute atomic E-state index is 14.1. The smallest absolute Gasteiger partial charge is 0.341 e. The third-order valence-electron chi connectivity index (χ3n) is 11.4. The molecule has 1 saturated heterocycles. The summed E-state index contributed by atoms with van der Waals surface area (Å²) in [7, 11) is 4.94. The largest absolute Gasteiger partial charge is 0.504 e. The summed E-state index contributed by atoms with van der Waals surface area (Å²) in [4.78, 5) is 41.7. The van der Waals surface area contributed by atoms with Crippen LogP contribution in [0.5, 0.6) is 23.0 Å². The standard InChI is InChI=1S/C43H44ClN3O13/c1-19-39(52)46-33-25(15-22(54-6)16-30(33)56-19)40(53)57-31-18-55-32(49)17-28(45)21-13-27(44)36(29(48)14-21)58-38-23-10-9-20(31)12-24(23)26-8-7-11-43(26,38)60-41-35(51)34(50)37(47(4)5)42(2,3)59-41/h7-16,28,31,34-35,37-38,41,48,50-51H,1,17-18,45H2,2-6H3,(H,46,52)/t28-,31-,34+,35+,37-,38+,41-,43+/m0/s1. The van der Waals surface area contributed by atoms with Gasteiger partial charge in [-0.15, -0.1) is 0 Å². The van der Waals surface area contributed by atoms with E-state index in [0.29, 0.717) is 27.8 Å². The average molecular weight is 846 g/mol. The molecule has 11 rings (SSSR count). The number of methoxy groups -OCH3 is 1. The van der Waals surface area contributed by atoms with E-state index in [0.717, 1.165) is 0 Å². The molecule has 8 aliphatic rings. The van der Waals surface area contributed by atoms with Crippen molar-refractivity contribution in [3.63, 3.8) is 0 Å². The van der Waals surface area contributed by atoms with Crippen molar-refractivity contribution in [2.24, 2.45) is 5.73 Å². The Hall–Kier alpha value is -5.46. The summed E-state index contributed by atoms with van der Waals surface area (Å²) in [6, 6.07) is 9.16. The lowest BCUT2D eigenvalue weighted by atomic mass is 9.86. The number of hydrogen-bond donors (Lipinski definition) is 5. The summed E-state index contributed by atoms with van der Waals surface area (Å²) in [6.45, 7) is 6.71. The quantitative estimate of drug-likeness (QED) is 0.172. The molecular formula is C43H44ClN3O13. The fourth-order valence-corrected chi connectivity index (χ4v) is 8.90. The van der Waals surface area contributed by atoms with Crippen LogP contribution in [0.25, 0.3) is 5.57 Å². The van der Waals surface area contributed by atoms with Gasteiger partial charge in [0.05, 0.1) is 41.4 Å². The molecule has 1 amide bonds. The summed E-state index contributed by atoms with van der Waals surface area (Å²) >= 11 is 6.77. The van der Waals surface area contributed by atoms with E-state index in [2.05, 4.69) is 11.9 Å². The van der Waals surface area contributed by atoms with Gasteiger partial charge in [-0.2, -0.15) is 0 Å². The number of aliphatic hydroxyl groups excluding tert-OH is 2. The van der Waals surface area contributed by atoms with Gasteiger partial charge in [-0.25, -0.2) is 4.79 Å². The number of hydrogen-bond acceptors (Lipinski definition) is 15. The Labute approximate surface area is 349 Å². The van der Waals surface area contributed by atoms with Gasteiger partial charge in [-0.05, 0) is 80.5 Å². The van der Waals surface area contributed by atoms with Gasteiger partial charge in [0.15, 0.2) is 47.1 Å². The fourth-order valence-electron chi connectivity index (χ4n) is 8.63. The second-order valence-electron chi connectivity index (χ2n) is 15.9. The number of nitrogens with two attached hydrogens (primary N) is 1. The number of ether oxygens (including phenoxy) is 7. The zero-order valence-corrected chi connectivity index (χ0v) is 34.0. The molecular weight excluding hydrogens is 802 g/mol. The van der Waals surface area contributed by atoms with Crippen LogP contribution in [0.2, 0.25) is 5.02 Å². The number of nitrogens with one attached hydrogen (secondary N) is 1. The number of likely N-dealkylation sites (N-methyl/N-ethyl adjacent to an activating group) is 1. The molecule has 6 N–H and O–H groups in total. The molecule has 0 aromatic heterocycles. The molecule has 60 heavy (non-hydrogen) atoms. The van der Waals surface area contributed by atoms with E-state index in [1.54, 1.807) is 69.3 Å². The van der Waals surface area contributed by atoms with E-state index in [4.69, 9.17) is 50.5 Å². The Morgan fingerprint density at radius 2 is 1.85 bits per heavy atom. The molecule has 3 aromatic rings. The molecule has 0 unspecified atom stereocenters. The summed E-state index contributed by atoms with van der Waals surface area (Å²) in [6.07, 6.45) is -1.61. The SMILES string of the molecule is C=C1Oc2cc(OC)cc(C(=O)O[C@H]3COC(=O)C[C@H](N)c4cc(O)c(c(Cl)c4)O[C@@H]4c5ccc3cc5C3=CC=C[C@@]34O[C@@H]3OC(C)(C)[C@@H](N(C)C)[C@H](O)[C@H]3O)c2NC1=O. The van der Waals surface area contributed by atoms with E-state index < -0.39 is 78.4 Å². The predicted octanol–water partition coefficient (Wildman–Crippen LogP) is 4.37. The van der Waals surface area contributed by atoms with Gasteiger partial charge in [-0.1, -0.05) is 42.5 Å². The number of nitrogens with zero attached hydrogens (tertiary/aromatic N) is 1. The zero-order valence-electron chi connectivity index (χ0n) is 33.3. The number of carbonyl (C=O) groups excluding carboxylic acids is 3. The molecule has 316 valence electrons. The molecule has 1 fully saturated rings. The number of esters is 2. The summed E-state index contributed by atoms with van der Waals surface area (Å²) in [5.41, 5.74) is 6.07. The van der Waals surface area contributed by atoms with Crippen molar-refractivity contribution in [2.75, 3.05) is 33.1 Å². The first-order valence-electron chi connectivity index (χ1n) is 19.1. The van der Waals surface area contributed by atoms with Crippen LogP contribution in [-0.4, -0.2) is 102 Å². The Morgan fingerprint density at radius 3 is 2.57 bits per heavy atom. The maximum Gasteiger partial charge on any atom is 0.341 e. The van der Waals surface area contributed by atoms with E-state index >= 15 is 0 Å². The van der Waals surface area contributed by atoms with Crippen molar-refractivity contribution in [2.45, 2.75) is 74.3 Å². The maximum atomic E-state index is 14.1. The third-order valence-corrected chi connectivity index (χ3v) is 11.7. The highest BCUT2D eigenvalue weighted by atomic mass is 35.5. The van der Waals surface area contributed by atoms with Crippen molar-refractivity contribution in [3.05, 3.63) is 106 Å². The molecule has 3 aromatic carbocycles. The second kappa shape index (κ2) is 15.2. The Bertz CT molecular complexity index is 2360. The van der Waals surface area contributed by atoms with Crippen LogP contribution in [-0.2, 0) is 28.5 Å². The number of phenols is 1. The summed E-state index contributed by atoms with van der Waals surface area (Å²) in [5.74, 6) is -2.66. The van der Waals surface area contributed by atoms with Gasteiger partial charge in [-0.3, -0.25) is 9.59 Å².